The van der Waals surface area contributed by atoms with E-state index in [1.807, 2.05) is 6.92 Å². The van der Waals surface area contributed by atoms with E-state index < -0.39 is 11.8 Å². The van der Waals surface area contributed by atoms with Crippen molar-refractivity contribution in [3.05, 3.63) is 0 Å². The zero-order valence-electron chi connectivity index (χ0n) is 19.8. The van der Waals surface area contributed by atoms with Crippen LogP contribution in [0.4, 0.5) is 0 Å². The molecule has 194 valence electrons. The molecule has 0 spiro atoms. The average Bonchev–Trinajstić information content (AvgIpc) is 2.82. The summed E-state index contributed by atoms with van der Waals surface area (Å²) in [6.45, 7) is 5.65. The van der Waals surface area contributed by atoms with Crippen molar-refractivity contribution in [3.63, 3.8) is 0 Å². The molecule has 1 heterocycles. The first-order valence-electron chi connectivity index (χ1n) is 11.7. The lowest BCUT2D eigenvalue weighted by Gasteiger charge is -2.41. The van der Waals surface area contributed by atoms with Gasteiger partial charge < -0.3 is 43.5 Å². The maximum atomic E-state index is 12.5. The van der Waals surface area contributed by atoms with Crippen LogP contribution in [0.2, 0.25) is 0 Å². The highest BCUT2D eigenvalue weighted by atomic mass is 16.7. The highest BCUT2D eigenvalue weighted by Gasteiger charge is 2.37. The van der Waals surface area contributed by atoms with Gasteiger partial charge in [0, 0.05) is 39.0 Å². The Morgan fingerprint density at radius 2 is 1.30 bits per heavy atom. The number of nitrogens with zero attached hydrogens (tertiary/aromatic N) is 1. The molecule has 0 aliphatic carbocycles. The van der Waals surface area contributed by atoms with Crippen LogP contribution < -0.4 is 0 Å². The van der Waals surface area contributed by atoms with Crippen LogP contribution in [-0.4, -0.2) is 119 Å². The minimum atomic E-state index is -0.862. The lowest BCUT2D eigenvalue weighted by molar-refractivity contribution is -0.263. The lowest BCUT2D eigenvalue weighted by atomic mass is 10.0. The first-order valence-corrected chi connectivity index (χ1v) is 11.7. The number of esters is 1. The van der Waals surface area contributed by atoms with Crippen molar-refractivity contribution in [1.82, 2.24) is 4.90 Å². The summed E-state index contributed by atoms with van der Waals surface area (Å²) in [7, 11) is 0. The number of aliphatic hydroxyl groups excluding tert-OH is 2. The Labute approximate surface area is 196 Å². The van der Waals surface area contributed by atoms with Crippen molar-refractivity contribution in [2.24, 2.45) is 0 Å². The van der Waals surface area contributed by atoms with Crippen LogP contribution in [0.5, 0.6) is 0 Å². The van der Waals surface area contributed by atoms with E-state index in [2.05, 4.69) is 0 Å². The third kappa shape index (κ3) is 13.8. The van der Waals surface area contributed by atoms with Crippen LogP contribution in [0.1, 0.15) is 39.0 Å². The fourth-order valence-corrected chi connectivity index (χ4v) is 3.23. The van der Waals surface area contributed by atoms with E-state index in [0.29, 0.717) is 65.6 Å². The third-order valence-electron chi connectivity index (χ3n) is 4.92. The zero-order chi connectivity index (χ0) is 24.2. The van der Waals surface area contributed by atoms with Crippen molar-refractivity contribution in [1.29, 1.82) is 0 Å². The molecule has 1 aliphatic heterocycles. The van der Waals surface area contributed by atoms with Crippen molar-refractivity contribution in [2.45, 2.75) is 44.8 Å². The average molecular weight is 480 g/mol. The smallest absolute Gasteiger partial charge is 0.306 e. The quantitative estimate of drug-likeness (QED) is 0.141. The molecular weight excluding hydrogens is 438 g/mol. The Balaban J connectivity index is 2.38. The lowest BCUT2D eigenvalue weighted by Crippen LogP contribution is -2.50. The molecule has 0 radical (unpaired) electrons. The van der Waals surface area contributed by atoms with E-state index >= 15 is 0 Å². The molecule has 11 nitrogen and oxygen atoms in total. The molecule has 1 aliphatic rings. The highest BCUT2D eigenvalue weighted by molar-refractivity contribution is 5.81. The fourth-order valence-electron chi connectivity index (χ4n) is 3.23. The Morgan fingerprint density at radius 1 is 0.758 bits per heavy atom. The normalized spacial score (nSPS) is 15.5. The molecule has 11 heteroatoms. The maximum absolute atomic E-state index is 12.5. The molecule has 2 N–H and O–H groups in total. The van der Waals surface area contributed by atoms with Crippen LogP contribution >= 0.6 is 0 Å². The van der Waals surface area contributed by atoms with E-state index in [-0.39, 0.29) is 51.8 Å². The fraction of sp³-hybridized carbons (Fsp3) is 0.909. The van der Waals surface area contributed by atoms with E-state index in [1.54, 1.807) is 4.90 Å². The van der Waals surface area contributed by atoms with Gasteiger partial charge in [-0.3, -0.25) is 9.59 Å². The number of hydrogen-bond acceptors (Lipinski definition) is 10. The van der Waals surface area contributed by atoms with Gasteiger partial charge in [-0.2, -0.15) is 0 Å². The number of hydrogen-bond donors (Lipinski definition) is 2. The number of carbonyl (C=O) groups excluding carboxylic acids is 2. The SMILES string of the molecule is CCCOCCOC(=O)CCC(=O)N1CCC(OCCOCCO)(OCCOCCO)CC1. The van der Waals surface area contributed by atoms with Gasteiger partial charge in [-0.25, -0.2) is 0 Å². The Hall–Kier alpha value is -1.34. The van der Waals surface area contributed by atoms with Crippen LogP contribution in [0.25, 0.3) is 0 Å². The monoisotopic (exact) mass is 479 g/mol. The minimum Gasteiger partial charge on any atom is -0.463 e. The van der Waals surface area contributed by atoms with Gasteiger partial charge in [0.2, 0.25) is 5.91 Å². The largest absolute Gasteiger partial charge is 0.463 e. The van der Waals surface area contributed by atoms with Gasteiger partial charge in [0.05, 0.1) is 65.9 Å². The number of likely N-dealkylation sites (tertiary alicyclic amines) is 1. The van der Waals surface area contributed by atoms with Crippen LogP contribution in [0.3, 0.4) is 0 Å². The molecule has 0 unspecified atom stereocenters. The molecule has 1 amide bonds. The summed E-state index contributed by atoms with van der Waals surface area (Å²) in [5.74, 6) is -1.38. The summed E-state index contributed by atoms with van der Waals surface area (Å²) in [4.78, 5) is 26.0. The van der Waals surface area contributed by atoms with Crippen molar-refractivity contribution < 1.29 is 48.2 Å². The molecule has 0 atom stereocenters. The number of carbonyl (C=O) groups is 2. The molecule has 0 aromatic carbocycles. The summed E-state index contributed by atoms with van der Waals surface area (Å²) in [6.07, 6.45) is 1.97. The van der Waals surface area contributed by atoms with E-state index in [0.717, 1.165) is 6.42 Å². The Kier molecular flexibility index (Phi) is 17.1. The van der Waals surface area contributed by atoms with Gasteiger partial charge in [0.15, 0.2) is 5.79 Å². The van der Waals surface area contributed by atoms with Crippen LogP contribution in [-0.2, 0) is 38.0 Å². The number of amides is 1. The highest BCUT2D eigenvalue weighted by Crippen LogP contribution is 2.28. The zero-order valence-corrected chi connectivity index (χ0v) is 19.8. The van der Waals surface area contributed by atoms with Crippen LogP contribution in [0, 0.1) is 0 Å². The van der Waals surface area contributed by atoms with Gasteiger partial charge in [-0.1, -0.05) is 6.92 Å². The second-order valence-electron chi connectivity index (χ2n) is 7.49. The second-order valence-corrected chi connectivity index (χ2v) is 7.49. The molecule has 1 saturated heterocycles. The number of piperidine rings is 1. The molecule has 0 saturated carbocycles. The van der Waals surface area contributed by atoms with Gasteiger partial charge in [-0.15, -0.1) is 0 Å². The topological polar surface area (TPSA) is 133 Å². The molecule has 1 rings (SSSR count). The Morgan fingerprint density at radius 3 is 1.85 bits per heavy atom. The predicted molar refractivity (Wildman–Crippen MR) is 118 cm³/mol. The third-order valence-corrected chi connectivity index (χ3v) is 4.92. The van der Waals surface area contributed by atoms with Gasteiger partial charge in [0.25, 0.3) is 0 Å². The van der Waals surface area contributed by atoms with Gasteiger partial charge in [0.1, 0.15) is 6.61 Å². The summed E-state index contributed by atoms with van der Waals surface area (Å²) >= 11 is 0. The number of rotatable bonds is 20. The predicted octanol–water partition coefficient (Wildman–Crippen LogP) is 0.106. The standard InChI is InChI=1S/C22H41NO10/c1-2-11-28-14-17-31-21(27)4-3-20(26)23-7-5-22(6-8-23,32-18-15-29-12-9-24)33-19-16-30-13-10-25/h24-25H,2-19H2,1H3. The van der Waals surface area contributed by atoms with E-state index in [9.17, 15) is 9.59 Å². The first-order chi connectivity index (χ1) is 16.1. The minimum absolute atomic E-state index is 0.0334. The van der Waals surface area contributed by atoms with Crippen LogP contribution in [0.15, 0.2) is 0 Å². The molecule has 1 fully saturated rings. The Bertz CT molecular complexity index is 495. The molecule has 0 bridgehead atoms. The summed E-state index contributed by atoms with van der Waals surface area (Å²) < 4.78 is 32.7. The summed E-state index contributed by atoms with van der Waals surface area (Å²) in [6, 6.07) is 0. The van der Waals surface area contributed by atoms with Gasteiger partial charge in [-0.05, 0) is 6.42 Å². The number of aliphatic hydroxyl groups is 2. The summed E-state index contributed by atoms with van der Waals surface area (Å²) in [5, 5.41) is 17.6. The van der Waals surface area contributed by atoms with Crippen molar-refractivity contribution >= 4 is 11.9 Å². The second kappa shape index (κ2) is 19.0. The van der Waals surface area contributed by atoms with Gasteiger partial charge >= 0.3 is 5.97 Å². The molecule has 33 heavy (non-hydrogen) atoms. The maximum Gasteiger partial charge on any atom is 0.306 e. The first kappa shape index (κ1) is 29.7. The van der Waals surface area contributed by atoms with Crippen molar-refractivity contribution in [3.8, 4) is 0 Å². The number of ether oxygens (including phenoxy) is 6. The van der Waals surface area contributed by atoms with E-state index in [4.69, 9.17) is 38.6 Å². The summed E-state index contributed by atoms with van der Waals surface area (Å²) in [5.41, 5.74) is 0. The molecule has 0 aromatic rings. The van der Waals surface area contributed by atoms with E-state index in [1.165, 1.54) is 0 Å². The van der Waals surface area contributed by atoms with Crippen molar-refractivity contribution in [2.75, 3.05) is 85.8 Å². The molecular formula is C22H41NO10. The molecule has 0 aromatic heterocycles.